The number of methoxy groups -OCH3 is 2. The molecule has 0 atom stereocenters. The number of ether oxygens (including phenoxy) is 3. The van der Waals surface area contributed by atoms with Crippen LogP contribution in [0.5, 0.6) is 11.5 Å². The molecule has 9 heteroatoms. The molecule has 1 aliphatic heterocycles. The fraction of sp³-hybridized carbons (Fsp3) is 0.435. The van der Waals surface area contributed by atoms with Crippen molar-refractivity contribution in [3.8, 4) is 11.5 Å². The summed E-state index contributed by atoms with van der Waals surface area (Å²) in [4.78, 5) is 15.0. The number of benzene rings is 2. The molecule has 4 rings (SSSR count). The smallest absolute Gasteiger partial charge is 0.255 e. The predicted octanol–water partition coefficient (Wildman–Crippen LogP) is 2.65. The molecule has 0 spiro atoms. The third-order valence-electron chi connectivity index (χ3n) is 5.58. The van der Waals surface area contributed by atoms with Gasteiger partial charge in [-0.3, -0.25) is 9.69 Å². The minimum absolute atomic E-state index is 0.0334. The van der Waals surface area contributed by atoms with E-state index in [1.54, 1.807) is 32.4 Å². The Bertz CT molecular complexity index is 1050. The van der Waals surface area contributed by atoms with E-state index in [1.165, 1.54) is 5.56 Å². The molecule has 1 aromatic heterocycles. The fourth-order valence-electron chi connectivity index (χ4n) is 3.83. The number of nitrogens with zero attached hydrogens (tertiary/aromatic N) is 3. The minimum Gasteiger partial charge on any atom is -0.497 e. The lowest BCUT2D eigenvalue weighted by atomic mass is 10.1. The van der Waals surface area contributed by atoms with E-state index in [-0.39, 0.29) is 12.0 Å². The maximum absolute atomic E-state index is 12.6. The Morgan fingerprint density at radius 1 is 1.12 bits per heavy atom. The molecule has 2 aromatic carbocycles. The van der Waals surface area contributed by atoms with Gasteiger partial charge in [0.1, 0.15) is 28.6 Å². The van der Waals surface area contributed by atoms with E-state index in [4.69, 9.17) is 18.8 Å². The molecule has 3 aromatic rings. The van der Waals surface area contributed by atoms with Gasteiger partial charge in [-0.15, -0.1) is 0 Å². The zero-order valence-electron chi connectivity index (χ0n) is 18.4. The topological polar surface area (TPSA) is 99.0 Å². The summed E-state index contributed by atoms with van der Waals surface area (Å²) in [6, 6.07) is 11.3. The van der Waals surface area contributed by atoms with Gasteiger partial charge in [0.25, 0.3) is 5.91 Å². The summed E-state index contributed by atoms with van der Waals surface area (Å²) in [6.45, 7) is 3.53. The Morgan fingerprint density at radius 2 is 1.94 bits per heavy atom. The van der Waals surface area contributed by atoms with Crippen LogP contribution in [0.4, 0.5) is 0 Å². The largest absolute Gasteiger partial charge is 0.497 e. The van der Waals surface area contributed by atoms with Crippen molar-refractivity contribution < 1.29 is 23.6 Å². The Balaban J connectivity index is 1.36. The average Bonchev–Trinajstić information content (AvgIpc) is 3.28. The summed E-state index contributed by atoms with van der Waals surface area (Å²) in [5.74, 6) is 1.01. The number of hydrogen-bond donors (Lipinski definition) is 1. The van der Waals surface area contributed by atoms with Gasteiger partial charge in [-0.25, -0.2) is 4.63 Å². The van der Waals surface area contributed by atoms with Crippen LogP contribution in [0.15, 0.2) is 41.0 Å². The van der Waals surface area contributed by atoms with Gasteiger partial charge in [0, 0.05) is 39.4 Å². The lowest BCUT2D eigenvalue weighted by Crippen LogP contribution is -2.38. The predicted molar refractivity (Wildman–Crippen MR) is 118 cm³/mol. The number of hydrogen-bond acceptors (Lipinski definition) is 8. The van der Waals surface area contributed by atoms with Crippen LogP contribution in [0.1, 0.15) is 28.8 Å². The molecular formula is C23H28N4O5. The van der Waals surface area contributed by atoms with Gasteiger partial charge >= 0.3 is 0 Å². The molecule has 0 bridgehead atoms. The number of carbonyl (C=O) groups excluding carboxylic acids is 1. The van der Waals surface area contributed by atoms with Crippen molar-refractivity contribution in [3.63, 3.8) is 0 Å². The van der Waals surface area contributed by atoms with Crippen LogP contribution >= 0.6 is 0 Å². The third kappa shape index (κ3) is 5.35. The van der Waals surface area contributed by atoms with E-state index < -0.39 is 0 Å². The van der Waals surface area contributed by atoms with Crippen LogP contribution < -0.4 is 14.8 Å². The van der Waals surface area contributed by atoms with Crippen LogP contribution in [-0.4, -0.2) is 67.7 Å². The first-order chi connectivity index (χ1) is 15.7. The maximum atomic E-state index is 12.6. The number of amides is 1. The van der Waals surface area contributed by atoms with E-state index in [2.05, 4.69) is 26.6 Å². The molecule has 0 saturated carbocycles. The van der Waals surface area contributed by atoms with Crippen LogP contribution in [0, 0.1) is 0 Å². The van der Waals surface area contributed by atoms with E-state index in [9.17, 15) is 4.79 Å². The van der Waals surface area contributed by atoms with Gasteiger partial charge in [-0.2, -0.15) is 0 Å². The maximum Gasteiger partial charge on any atom is 0.255 e. The van der Waals surface area contributed by atoms with Gasteiger partial charge in [0.15, 0.2) is 0 Å². The van der Waals surface area contributed by atoms with Crippen LogP contribution in [0.25, 0.3) is 11.0 Å². The summed E-state index contributed by atoms with van der Waals surface area (Å²) in [6.07, 6.45) is 1.77. The molecular weight excluding hydrogens is 412 g/mol. The highest BCUT2D eigenvalue weighted by Crippen LogP contribution is 2.28. The molecule has 170 valence electrons. The number of piperidine rings is 1. The van der Waals surface area contributed by atoms with Crippen LogP contribution in [0.2, 0.25) is 0 Å². The van der Waals surface area contributed by atoms with E-state index in [0.29, 0.717) is 30.2 Å². The minimum atomic E-state index is -0.185. The van der Waals surface area contributed by atoms with E-state index >= 15 is 0 Å². The Kier molecular flexibility index (Phi) is 7.18. The van der Waals surface area contributed by atoms with E-state index in [1.807, 2.05) is 12.1 Å². The summed E-state index contributed by atoms with van der Waals surface area (Å²) >= 11 is 0. The van der Waals surface area contributed by atoms with Crippen molar-refractivity contribution in [2.24, 2.45) is 0 Å². The summed E-state index contributed by atoms with van der Waals surface area (Å²) in [5.41, 5.74) is 3.21. The molecule has 2 heterocycles. The Labute approximate surface area is 186 Å². The lowest BCUT2D eigenvalue weighted by Gasteiger charge is -2.32. The molecule has 1 fully saturated rings. The zero-order valence-corrected chi connectivity index (χ0v) is 18.4. The second-order valence-corrected chi connectivity index (χ2v) is 7.79. The van der Waals surface area contributed by atoms with Crippen molar-refractivity contribution in [3.05, 3.63) is 47.5 Å². The van der Waals surface area contributed by atoms with Gasteiger partial charge in [-0.1, -0.05) is 6.07 Å². The van der Waals surface area contributed by atoms with Crippen molar-refractivity contribution in [1.29, 1.82) is 0 Å². The van der Waals surface area contributed by atoms with Gasteiger partial charge in [-0.05, 0) is 53.0 Å². The van der Waals surface area contributed by atoms with Crippen molar-refractivity contribution in [2.75, 3.05) is 40.5 Å². The Hall–Kier alpha value is -3.17. The SMILES string of the molecule is COCCNC(=O)c1ccc(OC)cc1OC1CCN(Cc2ccc3nonc3c2)CC1. The second kappa shape index (κ2) is 10.4. The number of rotatable bonds is 9. The highest BCUT2D eigenvalue weighted by atomic mass is 16.6. The number of nitrogens with one attached hydrogen (secondary N) is 1. The number of aromatic nitrogens is 2. The first-order valence-electron chi connectivity index (χ1n) is 10.7. The average molecular weight is 441 g/mol. The van der Waals surface area contributed by atoms with Gasteiger partial charge in [0.05, 0.1) is 19.3 Å². The number of likely N-dealkylation sites (tertiary alicyclic amines) is 1. The monoisotopic (exact) mass is 440 g/mol. The molecule has 1 saturated heterocycles. The van der Waals surface area contributed by atoms with E-state index in [0.717, 1.165) is 43.5 Å². The fourth-order valence-corrected chi connectivity index (χ4v) is 3.83. The van der Waals surface area contributed by atoms with Crippen molar-refractivity contribution in [2.45, 2.75) is 25.5 Å². The molecule has 1 aliphatic rings. The molecule has 1 amide bonds. The van der Waals surface area contributed by atoms with Crippen molar-refractivity contribution >= 4 is 16.9 Å². The normalized spacial score (nSPS) is 15.1. The number of carbonyl (C=O) groups is 1. The second-order valence-electron chi connectivity index (χ2n) is 7.79. The summed E-state index contributed by atoms with van der Waals surface area (Å²) < 4.78 is 21.4. The van der Waals surface area contributed by atoms with Gasteiger partial charge < -0.3 is 19.5 Å². The molecule has 0 unspecified atom stereocenters. The first kappa shape index (κ1) is 22.0. The standard InChI is InChI=1S/C23H28N4O5/c1-29-12-9-24-23(28)19-5-4-18(30-2)14-22(19)31-17-7-10-27(11-8-17)15-16-3-6-20-21(13-16)26-32-25-20/h3-6,13-14,17H,7-12,15H2,1-2H3,(H,24,28). The third-order valence-corrected chi connectivity index (χ3v) is 5.58. The summed E-state index contributed by atoms with van der Waals surface area (Å²) in [5, 5.41) is 10.6. The quantitative estimate of drug-likeness (QED) is 0.507. The zero-order chi connectivity index (χ0) is 22.3. The first-order valence-corrected chi connectivity index (χ1v) is 10.7. The molecule has 1 N–H and O–H groups in total. The van der Waals surface area contributed by atoms with Crippen LogP contribution in [-0.2, 0) is 11.3 Å². The molecule has 0 aliphatic carbocycles. The lowest BCUT2D eigenvalue weighted by molar-refractivity contribution is 0.0881. The molecule has 9 nitrogen and oxygen atoms in total. The molecule has 0 radical (unpaired) electrons. The highest BCUT2D eigenvalue weighted by molar-refractivity contribution is 5.97. The molecule has 32 heavy (non-hydrogen) atoms. The highest BCUT2D eigenvalue weighted by Gasteiger charge is 2.23. The summed E-state index contributed by atoms with van der Waals surface area (Å²) in [7, 11) is 3.20. The van der Waals surface area contributed by atoms with Crippen molar-refractivity contribution in [1.82, 2.24) is 20.5 Å². The number of fused-ring (bicyclic) bond motifs is 1. The van der Waals surface area contributed by atoms with Gasteiger partial charge in [0.2, 0.25) is 0 Å². The Morgan fingerprint density at radius 3 is 2.72 bits per heavy atom. The van der Waals surface area contributed by atoms with Crippen LogP contribution in [0.3, 0.4) is 0 Å².